The Labute approximate surface area is 93.3 Å². The third kappa shape index (κ3) is 1.73. The number of imide groups is 1. The van der Waals surface area contributed by atoms with Crippen LogP contribution in [0.2, 0.25) is 0 Å². The topological polar surface area (TPSA) is 80.5 Å². The lowest BCUT2D eigenvalue weighted by atomic mass is 9.85. The monoisotopic (exact) mass is 222 g/mol. The number of nitrogens with zero attached hydrogens (tertiary/aromatic N) is 1. The number of carbonyl (C=O) groups is 3. The van der Waals surface area contributed by atoms with Gasteiger partial charge in [0.25, 0.3) is 0 Å². The van der Waals surface area contributed by atoms with Crippen LogP contribution in [0.15, 0.2) is 12.2 Å². The molecule has 1 aliphatic carbocycles. The predicted octanol–water partition coefficient (Wildman–Crippen LogP) is -0.187. The average molecular weight is 222 g/mol. The molecule has 0 bridgehead atoms. The molecule has 0 spiro atoms. The second-order valence-corrected chi connectivity index (χ2v) is 4.20. The molecule has 5 heteroatoms. The maximum Gasteiger partial charge on any atom is 0.233 e. The predicted molar refractivity (Wildman–Crippen MR) is 55.9 cm³/mol. The van der Waals surface area contributed by atoms with E-state index in [1.54, 1.807) is 0 Å². The zero-order valence-corrected chi connectivity index (χ0v) is 8.89. The smallest absolute Gasteiger partial charge is 0.233 e. The van der Waals surface area contributed by atoms with Crippen LogP contribution in [0.1, 0.15) is 19.3 Å². The average Bonchev–Trinajstić information content (AvgIpc) is 2.50. The molecule has 0 aromatic rings. The van der Waals surface area contributed by atoms with E-state index in [2.05, 4.69) is 0 Å². The van der Waals surface area contributed by atoms with Gasteiger partial charge >= 0.3 is 0 Å². The van der Waals surface area contributed by atoms with Crippen molar-refractivity contribution >= 4 is 17.7 Å². The lowest BCUT2D eigenvalue weighted by Crippen LogP contribution is -2.34. The molecule has 0 saturated carbocycles. The van der Waals surface area contributed by atoms with Crippen LogP contribution >= 0.6 is 0 Å². The maximum absolute atomic E-state index is 11.9. The molecule has 2 atom stereocenters. The normalized spacial score (nSPS) is 28.4. The summed E-state index contributed by atoms with van der Waals surface area (Å²) in [5.41, 5.74) is 5.01. The fourth-order valence-electron chi connectivity index (χ4n) is 2.31. The van der Waals surface area contributed by atoms with Gasteiger partial charge in [0.1, 0.15) is 0 Å². The Morgan fingerprint density at radius 3 is 2.19 bits per heavy atom. The Bertz CT molecular complexity index is 349. The first kappa shape index (κ1) is 10.9. The standard InChI is InChI=1S/C11H14N2O3/c12-9(14)5-6-13-10(15)7-3-1-2-4-8(7)11(13)16/h1-2,7-8H,3-6H2,(H2,12,14)/t7-,8-/m0/s1. The number of carbonyl (C=O) groups excluding carboxylic acids is 3. The van der Waals surface area contributed by atoms with Gasteiger partial charge in [0, 0.05) is 13.0 Å². The number of primary amides is 1. The zero-order valence-electron chi connectivity index (χ0n) is 8.89. The number of nitrogens with two attached hydrogens (primary N) is 1. The van der Waals surface area contributed by atoms with Gasteiger partial charge in [-0.05, 0) is 12.8 Å². The summed E-state index contributed by atoms with van der Waals surface area (Å²) in [6.07, 6.45) is 5.17. The molecule has 1 saturated heterocycles. The highest BCUT2D eigenvalue weighted by Crippen LogP contribution is 2.34. The molecule has 1 heterocycles. The summed E-state index contributed by atoms with van der Waals surface area (Å²) in [4.78, 5) is 35.6. The number of rotatable bonds is 3. The van der Waals surface area contributed by atoms with E-state index in [0.29, 0.717) is 12.8 Å². The van der Waals surface area contributed by atoms with Gasteiger partial charge in [-0.15, -0.1) is 0 Å². The van der Waals surface area contributed by atoms with Gasteiger partial charge < -0.3 is 5.73 Å². The highest BCUT2D eigenvalue weighted by atomic mass is 16.2. The second kappa shape index (κ2) is 4.08. The first-order valence-corrected chi connectivity index (χ1v) is 5.40. The van der Waals surface area contributed by atoms with E-state index in [9.17, 15) is 14.4 Å². The van der Waals surface area contributed by atoms with Gasteiger partial charge in [-0.25, -0.2) is 0 Å². The van der Waals surface area contributed by atoms with Crippen LogP contribution in [0.25, 0.3) is 0 Å². The highest BCUT2D eigenvalue weighted by molar-refractivity contribution is 6.05. The van der Waals surface area contributed by atoms with E-state index in [1.165, 1.54) is 4.90 Å². The summed E-state index contributed by atoms with van der Waals surface area (Å²) in [5, 5.41) is 0. The minimum Gasteiger partial charge on any atom is -0.370 e. The van der Waals surface area contributed by atoms with Crippen LogP contribution in [-0.4, -0.2) is 29.2 Å². The van der Waals surface area contributed by atoms with Crippen molar-refractivity contribution in [2.75, 3.05) is 6.54 Å². The summed E-state index contributed by atoms with van der Waals surface area (Å²) in [6, 6.07) is 0. The Hall–Kier alpha value is -1.65. The van der Waals surface area contributed by atoms with E-state index in [1.807, 2.05) is 12.2 Å². The van der Waals surface area contributed by atoms with Gasteiger partial charge in [0.05, 0.1) is 11.8 Å². The Morgan fingerprint density at radius 1 is 1.25 bits per heavy atom. The molecule has 5 nitrogen and oxygen atoms in total. The molecule has 1 fully saturated rings. The number of allylic oxidation sites excluding steroid dienone is 2. The fourth-order valence-corrected chi connectivity index (χ4v) is 2.31. The van der Waals surface area contributed by atoms with Crippen molar-refractivity contribution in [1.29, 1.82) is 0 Å². The molecular formula is C11H14N2O3. The molecule has 0 unspecified atom stereocenters. The van der Waals surface area contributed by atoms with Gasteiger partial charge in [0.15, 0.2) is 0 Å². The number of hydrogen-bond acceptors (Lipinski definition) is 3. The molecule has 2 N–H and O–H groups in total. The van der Waals surface area contributed by atoms with E-state index >= 15 is 0 Å². The minimum absolute atomic E-state index is 0.0460. The second-order valence-electron chi connectivity index (χ2n) is 4.20. The van der Waals surface area contributed by atoms with Gasteiger partial charge in [-0.2, -0.15) is 0 Å². The van der Waals surface area contributed by atoms with Crippen molar-refractivity contribution in [3.63, 3.8) is 0 Å². The molecule has 86 valence electrons. The quantitative estimate of drug-likeness (QED) is 0.531. The molecule has 0 aromatic carbocycles. The van der Waals surface area contributed by atoms with Crippen LogP contribution in [0.3, 0.4) is 0 Å². The molecule has 2 aliphatic rings. The van der Waals surface area contributed by atoms with Crippen molar-refractivity contribution in [1.82, 2.24) is 4.90 Å². The Morgan fingerprint density at radius 2 is 1.75 bits per heavy atom. The summed E-state index contributed by atoms with van der Waals surface area (Å²) in [7, 11) is 0. The van der Waals surface area contributed by atoms with Crippen LogP contribution in [-0.2, 0) is 14.4 Å². The Balaban J connectivity index is 2.08. The molecule has 0 aromatic heterocycles. The van der Waals surface area contributed by atoms with E-state index in [0.717, 1.165) is 0 Å². The molecule has 1 aliphatic heterocycles. The highest BCUT2D eigenvalue weighted by Gasteiger charge is 2.46. The van der Waals surface area contributed by atoms with Crippen LogP contribution in [0.5, 0.6) is 0 Å². The zero-order chi connectivity index (χ0) is 11.7. The fraction of sp³-hybridized carbons (Fsp3) is 0.545. The van der Waals surface area contributed by atoms with Crippen molar-refractivity contribution < 1.29 is 14.4 Å². The summed E-state index contributed by atoms with van der Waals surface area (Å²) in [5.74, 6) is -1.23. The van der Waals surface area contributed by atoms with Crippen LogP contribution in [0, 0.1) is 11.8 Å². The van der Waals surface area contributed by atoms with E-state index in [4.69, 9.17) is 5.73 Å². The van der Waals surface area contributed by atoms with Crippen molar-refractivity contribution in [2.45, 2.75) is 19.3 Å². The SMILES string of the molecule is NC(=O)CCN1C(=O)[C@H]2CC=CC[C@@H]2C1=O. The molecule has 2 rings (SSSR count). The number of likely N-dealkylation sites (tertiary alicyclic amines) is 1. The van der Waals surface area contributed by atoms with Gasteiger partial charge in [-0.1, -0.05) is 12.2 Å². The first-order valence-electron chi connectivity index (χ1n) is 5.40. The third-order valence-electron chi connectivity index (χ3n) is 3.18. The lowest BCUT2D eigenvalue weighted by molar-refractivity contribution is -0.140. The van der Waals surface area contributed by atoms with Crippen molar-refractivity contribution in [3.8, 4) is 0 Å². The molecule has 3 amide bonds. The first-order chi connectivity index (χ1) is 7.61. The third-order valence-corrected chi connectivity index (χ3v) is 3.18. The van der Waals surface area contributed by atoms with Gasteiger partial charge in [0.2, 0.25) is 17.7 Å². The summed E-state index contributed by atoms with van der Waals surface area (Å²) >= 11 is 0. The van der Waals surface area contributed by atoms with Crippen LogP contribution in [0.4, 0.5) is 0 Å². The van der Waals surface area contributed by atoms with Gasteiger partial charge in [-0.3, -0.25) is 19.3 Å². The minimum atomic E-state index is -0.492. The van der Waals surface area contributed by atoms with E-state index < -0.39 is 5.91 Å². The number of fused-ring (bicyclic) bond motifs is 1. The van der Waals surface area contributed by atoms with Crippen LogP contribution < -0.4 is 5.73 Å². The van der Waals surface area contributed by atoms with Crippen molar-refractivity contribution in [2.24, 2.45) is 17.6 Å². The van der Waals surface area contributed by atoms with E-state index in [-0.39, 0.29) is 36.6 Å². The summed E-state index contributed by atoms with van der Waals surface area (Å²) in [6.45, 7) is 0.125. The lowest BCUT2D eigenvalue weighted by Gasteiger charge is -2.14. The molecule has 16 heavy (non-hydrogen) atoms. The Kier molecular flexibility index (Phi) is 2.77. The molecule has 0 radical (unpaired) electrons. The number of amides is 3. The van der Waals surface area contributed by atoms with Crippen molar-refractivity contribution in [3.05, 3.63) is 12.2 Å². The largest absolute Gasteiger partial charge is 0.370 e. The summed E-state index contributed by atoms with van der Waals surface area (Å²) < 4.78 is 0. The molecular weight excluding hydrogens is 208 g/mol. The maximum atomic E-state index is 11.9. The number of hydrogen-bond donors (Lipinski definition) is 1.